The first-order valence-corrected chi connectivity index (χ1v) is 22.3. The smallest absolute Gasteiger partial charge is 0.394 e. The first kappa shape index (κ1) is 50.3. The molecule has 0 aromatic carbocycles. The lowest BCUT2D eigenvalue weighted by Crippen LogP contribution is -2.61. The normalized spacial score (nSPS) is 22.1. The maximum absolute atomic E-state index is 13.0. The maximum atomic E-state index is 13.0. The summed E-state index contributed by atoms with van der Waals surface area (Å²) in [7, 11) is -5.08. The van der Waals surface area contributed by atoms with E-state index >= 15 is 0 Å². The SMILES string of the molecule is CCCCC/C=C\C=C/CCCCCCCCC(=O)NC(COC1OC(CO)C(O)C(OS(=O)(=O)O)C1O)C(O)/C=C/CCCCCCCCCCCC. The van der Waals surface area contributed by atoms with Crippen LogP contribution >= 0.6 is 0 Å². The van der Waals surface area contributed by atoms with Gasteiger partial charge in [0.25, 0.3) is 0 Å². The minimum absolute atomic E-state index is 0.254. The highest BCUT2D eigenvalue weighted by atomic mass is 32.3. The van der Waals surface area contributed by atoms with Crippen LogP contribution in [0.1, 0.15) is 162 Å². The van der Waals surface area contributed by atoms with Gasteiger partial charge in [0, 0.05) is 6.42 Å². The third-order valence-electron chi connectivity index (χ3n) is 9.69. The van der Waals surface area contributed by atoms with E-state index in [1.54, 1.807) is 6.08 Å². The second kappa shape index (κ2) is 32.4. The fraction of sp³-hybridized carbons (Fsp3) is 0.829. The van der Waals surface area contributed by atoms with Gasteiger partial charge in [-0.25, -0.2) is 4.18 Å². The standard InChI is InChI=1S/C41H75NO11S/c1-3-5-7-9-11-13-15-17-18-19-21-23-25-27-29-31-37(45)42-34(35(44)30-28-26-24-22-20-16-14-12-10-8-6-4-2)33-51-41-39(47)40(53-54(48,49)50)38(46)36(32-43)52-41/h11,13,15,17,28,30,34-36,38-41,43-44,46-47H,3-10,12,14,16,18-27,29,31-33H2,1-2H3,(H,42,45)(H,48,49,50)/b13-11-,17-15-,30-28+. The minimum Gasteiger partial charge on any atom is -0.394 e. The van der Waals surface area contributed by atoms with Crippen LogP contribution < -0.4 is 5.32 Å². The Balaban J connectivity index is 2.61. The largest absolute Gasteiger partial charge is 0.397 e. The molecule has 13 heteroatoms. The number of aliphatic hydroxyl groups excluding tert-OH is 4. The second-order valence-electron chi connectivity index (χ2n) is 14.6. The molecule has 7 atom stereocenters. The van der Waals surface area contributed by atoms with Crippen LogP contribution in [0.4, 0.5) is 0 Å². The molecule has 316 valence electrons. The number of amides is 1. The number of hydrogen-bond donors (Lipinski definition) is 6. The summed E-state index contributed by atoms with van der Waals surface area (Å²) in [6.07, 6.45) is 27.5. The van der Waals surface area contributed by atoms with E-state index in [1.807, 2.05) is 6.08 Å². The number of carbonyl (C=O) groups excluding carboxylic acids is 1. The maximum Gasteiger partial charge on any atom is 0.397 e. The van der Waals surface area contributed by atoms with Crippen LogP contribution in [0.25, 0.3) is 0 Å². The Bertz CT molecular complexity index is 1120. The summed E-state index contributed by atoms with van der Waals surface area (Å²) in [4.78, 5) is 13.0. The summed E-state index contributed by atoms with van der Waals surface area (Å²) in [5, 5.41) is 44.5. The van der Waals surface area contributed by atoms with E-state index in [9.17, 15) is 33.6 Å². The summed E-state index contributed by atoms with van der Waals surface area (Å²) in [5.41, 5.74) is 0. The molecular weight excluding hydrogens is 715 g/mol. The van der Waals surface area contributed by atoms with Gasteiger partial charge in [-0.2, -0.15) is 8.42 Å². The molecule has 1 aliphatic heterocycles. The molecule has 1 heterocycles. The van der Waals surface area contributed by atoms with Crippen molar-refractivity contribution in [1.82, 2.24) is 5.32 Å². The van der Waals surface area contributed by atoms with E-state index in [-0.39, 0.29) is 18.9 Å². The zero-order valence-electron chi connectivity index (χ0n) is 33.3. The Labute approximate surface area is 326 Å². The first-order valence-electron chi connectivity index (χ1n) is 20.9. The molecule has 1 saturated heterocycles. The van der Waals surface area contributed by atoms with Crippen molar-refractivity contribution < 1.29 is 51.8 Å². The van der Waals surface area contributed by atoms with Gasteiger partial charge in [-0.15, -0.1) is 0 Å². The van der Waals surface area contributed by atoms with Gasteiger partial charge in [0.05, 0.1) is 25.4 Å². The van der Waals surface area contributed by atoms with Crippen LogP contribution in [0.5, 0.6) is 0 Å². The highest BCUT2D eigenvalue weighted by molar-refractivity contribution is 7.80. The summed E-state index contributed by atoms with van der Waals surface area (Å²) in [5.74, 6) is -0.278. The molecule has 0 aromatic rings. The molecular formula is C41H75NO11S. The van der Waals surface area contributed by atoms with Crippen molar-refractivity contribution in [1.29, 1.82) is 0 Å². The number of unbranched alkanes of at least 4 members (excludes halogenated alkanes) is 19. The zero-order valence-corrected chi connectivity index (χ0v) is 34.1. The number of hydrogen-bond acceptors (Lipinski definition) is 10. The number of carbonyl (C=O) groups is 1. The molecule has 7 unspecified atom stereocenters. The average molecular weight is 790 g/mol. The number of aliphatic hydroxyl groups is 4. The molecule has 0 aromatic heterocycles. The van der Waals surface area contributed by atoms with E-state index in [2.05, 4.69) is 47.7 Å². The lowest BCUT2D eigenvalue weighted by molar-refractivity contribution is -0.298. The second-order valence-corrected chi connectivity index (χ2v) is 15.7. The fourth-order valence-electron chi connectivity index (χ4n) is 6.38. The van der Waals surface area contributed by atoms with Crippen molar-refractivity contribution in [3.63, 3.8) is 0 Å². The minimum atomic E-state index is -5.08. The van der Waals surface area contributed by atoms with Crippen molar-refractivity contribution in [2.24, 2.45) is 0 Å². The van der Waals surface area contributed by atoms with Crippen LogP contribution in [0.3, 0.4) is 0 Å². The van der Waals surface area contributed by atoms with Crippen molar-refractivity contribution in [2.75, 3.05) is 13.2 Å². The Hall–Kier alpha value is -1.68. The molecule has 1 aliphatic rings. The van der Waals surface area contributed by atoms with Crippen LogP contribution in [0.2, 0.25) is 0 Å². The summed E-state index contributed by atoms with van der Waals surface area (Å²) in [6, 6.07) is -0.947. The lowest BCUT2D eigenvalue weighted by atomic mass is 9.99. The van der Waals surface area contributed by atoms with Gasteiger partial charge < -0.3 is 35.2 Å². The topological polar surface area (TPSA) is 192 Å². The van der Waals surface area contributed by atoms with Gasteiger partial charge in [0.1, 0.15) is 24.4 Å². The van der Waals surface area contributed by atoms with Crippen LogP contribution in [-0.2, 0) is 28.9 Å². The first-order chi connectivity index (χ1) is 26.0. The quantitative estimate of drug-likeness (QED) is 0.0168. The highest BCUT2D eigenvalue weighted by Gasteiger charge is 2.48. The number of nitrogens with one attached hydrogen (secondary N) is 1. The van der Waals surface area contributed by atoms with Crippen LogP contribution in [-0.4, -0.2) is 95.4 Å². The number of allylic oxidation sites excluding steroid dienone is 5. The van der Waals surface area contributed by atoms with Crippen LogP contribution in [0.15, 0.2) is 36.5 Å². The molecule has 0 saturated carbocycles. The van der Waals surface area contributed by atoms with Gasteiger partial charge in [0.15, 0.2) is 6.29 Å². The van der Waals surface area contributed by atoms with E-state index in [0.29, 0.717) is 6.42 Å². The zero-order chi connectivity index (χ0) is 39.9. The molecule has 1 amide bonds. The third-order valence-corrected chi connectivity index (χ3v) is 10.2. The van der Waals surface area contributed by atoms with Crippen molar-refractivity contribution >= 4 is 16.3 Å². The Morgan fingerprint density at radius 3 is 1.76 bits per heavy atom. The summed E-state index contributed by atoms with van der Waals surface area (Å²) >= 11 is 0. The third kappa shape index (κ3) is 25.5. The predicted octanol–water partition coefficient (Wildman–Crippen LogP) is 7.16. The fourth-order valence-corrected chi connectivity index (χ4v) is 6.89. The lowest BCUT2D eigenvalue weighted by Gasteiger charge is -2.41. The van der Waals surface area contributed by atoms with E-state index in [1.165, 1.54) is 70.6 Å². The Kier molecular flexibility index (Phi) is 30.2. The Morgan fingerprint density at radius 2 is 1.22 bits per heavy atom. The molecule has 6 N–H and O–H groups in total. The highest BCUT2D eigenvalue weighted by Crippen LogP contribution is 2.26. The molecule has 0 aliphatic carbocycles. The molecule has 1 fully saturated rings. The molecule has 54 heavy (non-hydrogen) atoms. The van der Waals surface area contributed by atoms with Gasteiger partial charge in [-0.1, -0.05) is 147 Å². The average Bonchev–Trinajstić information content (AvgIpc) is 3.14. The monoisotopic (exact) mass is 790 g/mol. The molecule has 0 radical (unpaired) electrons. The van der Waals surface area contributed by atoms with E-state index < -0.39 is 59.9 Å². The van der Waals surface area contributed by atoms with Gasteiger partial charge in [0.2, 0.25) is 5.91 Å². The predicted molar refractivity (Wildman–Crippen MR) is 213 cm³/mol. The van der Waals surface area contributed by atoms with E-state index in [0.717, 1.165) is 64.2 Å². The number of ether oxygens (including phenoxy) is 2. The Morgan fingerprint density at radius 1 is 0.741 bits per heavy atom. The number of rotatable bonds is 34. The molecule has 0 bridgehead atoms. The van der Waals surface area contributed by atoms with Crippen LogP contribution in [0, 0.1) is 0 Å². The molecule has 12 nitrogen and oxygen atoms in total. The van der Waals surface area contributed by atoms with E-state index in [4.69, 9.17) is 14.0 Å². The van der Waals surface area contributed by atoms with Crippen molar-refractivity contribution in [3.8, 4) is 0 Å². The van der Waals surface area contributed by atoms with Gasteiger partial charge in [-0.3, -0.25) is 9.35 Å². The summed E-state index contributed by atoms with van der Waals surface area (Å²) in [6.45, 7) is 3.31. The van der Waals surface area contributed by atoms with Crippen molar-refractivity contribution in [3.05, 3.63) is 36.5 Å². The summed E-state index contributed by atoms with van der Waals surface area (Å²) < 4.78 is 47.4. The van der Waals surface area contributed by atoms with Gasteiger partial charge >= 0.3 is 10.4 Å². The van der Waals surface area contributed by atoms with Gasteiger partial charge in [-0.05, 0) is 44.9 Å². The molecule has 1 rings (SSSR count). The van der Waals surface area contributed by atoms with Crippen molar-refractivity contribution in [2.45, 2.75) is 204 Å². The molecule has 0 spiro atoms.